The lowest BCUT2D eigenvalue weighted by Crippen LogP contribution is -2.24. The molecule has 2 amide bonds. The number of nitrogens with zero attached hydrogens (tertiary/aromatic N) is 12. The normalized spacial score (nSPS) is 12.1. The third-order valence-electron chi connectivity index (χ3n) is 11.8. The Morgan fingerprint density at radius 3 is 1.15 bits per heavy atom. The van der Waals surface area contributed by atoms with E-state index in [1.165, 1.54) is 77.6 Å². The van der Waals surface area contributed by atoms with Crippen molar-refractivity contribution in [2.45, 2.75) is 48.7 Å². The third-order valence-corrected chi connectivity index (χ3v) is 15.9. The van der Waals surface area contributed by atoms with Crippen molar-refractivity contribution in [3.63, 3.8) is 0 Å². The number of methoxy groups -OCH3 is 4. The maximum atomic E-state index is 13.4. The lowest BCUT2D eigenvalue weighted by molar-refractivity contribution is 0.0950. The van der Waals surface area contributed by atoms with Gasteiger partial charge in [0.05, 0.1) is 63.7 Å². The van der Waals surface area contributed by atoms with Crippen molar-refractivity contribution < 1.29 is 54.2 Å². The molecule has 0 aliphatic heterocycles. The first-order valence-corrected chi connectivity index (χ1v) is 26.9. The van der Waals surface area contributed by atoms with Crippen LogP contribution in [0.15, 0.2) is 97.6 Å². The van der Waals surface area contributed by atoms with Crippen LogP contribution >= 0.6 is 0 Å². The van der Waals surface area contributed by atoms with Gasteiger partial charge < -0.3 is 29.6 Å². The molecule has 6 aromatic heterocycles. The summed E-state index contributed by atoms with van der Waals surface area (Å²) in [4.78, 5) is 48.7. The minimum atomic E-state index is -3.85. The number of ether oxygens (including phenoxy) is 4. The minimum Gasteiger partial charge on any atom is -0.494 e. The number of hydrogen-bond donors (Lipinski definition) is 2. The van der Waals surface area contributed by atoms with Gasteiger partial charge in [-0.1, -0.05) is 24.3 Å². The van der Waals surface area contributed by atoms with Crippen molar-refractivity contribution >= 4 is 31.5 Å². The lowest BCUT2D eigenvalue weighted by atomic mass is 10.2. The summed E-state index contributed by atoms with van der Waals surface area (Å²) < 4.78 is 105. The highest BCUT2D eigenvalue weighted by Gasteiger charge is 2.32. The van der Waals surface area contributed by atoms with Crippen LogP contribution in [0.2, 0.25) is 0 Å². The second kappa shape index (κ2) is 24.8. The summed E-state index contributed by atoms with van der Waals surface area (Å²) >= 11 is 0. The molecule has 28 heteroatoms. The molecular formula is C50H52F2N14O10S2. The molecule has 78 heavy (non-hydrogen) atoms. The first-order valence-electron chi connectivity index (χ1n) is 23.4. The Bertz CT molecular complexity index is 3380. The monoisotopic (exact) mass is 1110 g/mol. The summed E-state index contributed by atoms with van der Waals surface area (Å²) in [5.41, 5.74) is 1.53. The fourth-order valence-electron chi connectivity index (χ4n) is 7.65. The summed E-state index contributed by atoms with van der Waals surface area (Å²) in [5, 5.41) is 20.1. The Balaban J connectivity index is 0.000000226. The Labute approximate surface area is 446 Å². The zero-order valence-corrected chi connectivity index (χ0v) is 44.9. The van der Waals surface area contributed by atoms with E-state index in [0.717, 1.165) is 24.8 Å². The molecule has 6 heterocycles. The van der Waals surface area contributed by atoms with Gasteiger partial charge in [0, 0.05) is 26.9 Å². The number of hydrogen-bond acceptors (Lipinski definition) is 20. The summed E-state index contributed by atoms with van der Waals surface area (Å²) in [6.45, 7) is 3.03. The Kier molecular flexibility index (Phi) is 18.1. The van der Waals surface area contributed by atoms with Gasteiger partial charge in [-0.3, -0.25) is 18.7 Å². The highest BCUT2D eigenvalue weighted by molar-refractivity contribution is 7.91. The SMILES string of the molecule is CNC(=O)c1cccc(-c2nnc(CS(=O)(=O)[C@@H](C)Cc3ncc(F)cn3)n2-c2c(OC)cccc2OC)n1.CNC(=O)c1cccc(-c2nnc(CS(=O)(=O)[C@H](C)Cc3ncc(F)cn3)n2-c2c(OC)cccc2OC)n1. The fourth-order valence-corrected chi connectivity index (χ4v) is 10.1. The largest absolute Gasteiger partial charge is 0.494 e. The first-order chi connectivity index (χ1) is 37.4. The van der Waals surface area contributed by atoms with E-state index in [1.807, 2.05) is 0 Å². The number of para-hydroxylation sites is 2. The number of pyridine rings is 2. The predicted molar refractivity (Wildman–Crippen MR) is 278 cm³/mol. The highest BCUT2D eigenvalue weighted by atomic mass is 32.2. The average molecular weight is 1110 g/mol. The van der Waals surface area contributed by atoms with Crippen LogP contribution in [0.3, 0.4) is 0 Å². The molecule has 8 aromatic rings. The summed E-state index contributed by atoms with van der Waals surface area (Å²) in [6.07, 6.45) is 3.88. The van der Waals surface area contributed by atoms with E-state index in [-0.39, 0.29) is 70.6 Å². The summed E-state index contributed by atoms with van der Waals surface area (Å²) in [6, 6.07) is 19.8. The molecule has 0 fully saturated rings. The van der Waals surface area contributed by atoms with E-state index in [1.54, 1.807) is 60.7 Å². The van der Waals surface area contributed by atoms with Crippen LogP contribution in [0, 0.1) is 11.6 Å². The van der Waals surface area contributed by atoms with Crippen LogP contribution in [0.5, 0.6) is 23.0 Å². The standard InChI is InChI=1S/2C25H26FN7O5S/c2*1-15(11-21-28-12-16(26)13-29-21)39(35,36)14-22-31-32-24(17-7-5-8-18(30-17)25(34)27-2)33(22)23-19(37-3)9-6-10-20(23)38-4/h2*5-10,12-13,15H,11,14H2,1-4H3,(H,27,34)/t2*15-/m10/s1. The van der Waals surface area contributed by atoms with Gasteiger partial charge in [-0.2, -0.15) is 0 Å². The van der Waals surface area contributed by atoms with Gasteiger partial charge in [-0.05, 0) is 62.4 Å². The number of sulfone groups is 2. The smallest absolute Gasteiger partial charge is 0.269 e. The first kappa shape index (κ1) is 56.8. The van der Waals surface area contributed by atoms with Crippen molar-refractivity contribution in [1.82, 2.24) is 70.1 Å². The maximum Gasteiger partial charge on any atom is 0.269 e. The van der Waals surface area contributed by atoms with E-state index in [0.29, 0.717) is 34.4 Å². The summed E-state index contributed by atoms with van der Waals surface area (Å²) in [5.74, 6) is -0.767. The molecule has 2 aromatic carbocycles. The Morgan fingerprint density at radius 1 is 0.526 bits per heavy atom. The van der Waals surface area contributed by atoms with E-state index in [9.17, 15) is 35.2 Å². The van der Waals surface area contributed by atoms with Gasteiger partial charge in [-0.15, -0.1) is 20.4 Å². The van der Waals surface area contributed by atoms with Gasteiger partial charge in [-0.25, -0.2) is 55.5 Å². The number of rotatable bonds is 20. The van der Waals surface area contributed by atoms with Crippen LogP contribution in [0.4, 0.5) is 8.78 Å². The molecule has 24 nitrogen and oxygen atoms in total. The summed E-state index contributed by atoms with van der Waals surface area (Å²) in [7, 11) is 1.14. The second-order valence-corrected chi connectivity index (χ2v) is 21.7. The molecule has 0 unspecified atom stereocenters. The predicted octanol–water partition coefficient (Wildman–Crippen LogP) is 4.36. The topological polar surface area (TPSA) is 302 Å². The van der Waals surface area contributed by atoms with Crippen LogP contribution in [0.25, 0.3) is 34.4 Å². The van der Waals surface area contributed by atoms with Gasteiger partial charge in [0.25, 0.3) is 11.8 Å². The lowest BCUT2D eigenvalue weighted by Gasteiger charge is -2.18. The number of aromatic nitrogens is 12. The number of carbonyl (C=O) groups excluding carboxylic acids is 2. The molecule has 8 rings (SSSR count). The molecule has 0 bridgehead atoms. The third kappa shape index (κ3) is 12.8. The molecule has 408 valence electrons. The zero-order chi connectivity index (χ0) is 56.3. The number of halogens is 2. The van der Waals surface area contributed by atoms with Gasteiger partial charge in [0.1, 0.15) is 80.3 Å². The maximum absolute atomic E-state index is 13.4. The quantitative estimate of drug-likeness (QED) is 0.107. The highest BCUT2D eigenvalue weighted by Crippen LogP contribution is 2.38. The van der Waals surface area contributed by atoms with Crippen LogP contribution in [-0.4, -0.2) is 141 Å². The van der Waals surface area contributed by atoms with Crippen molar-refractivity contribution in [2.75, 3.05) is 42.5 Å². The molecule has 0 radical (unpaired) electrons. The number of nitrogens with one attached hydrogen (secondary N) is 2. The van der Waals surface area contributed by atoms with Gasteiger partial charge in [0.2, 0.25) is 0 Å². The molecule has 0 aliphatic carbocycles. The molecule has 0 spiro atoms. The van der Waals surface area contributed by atoms with Crippen LogP contribution in [-0.2, 0) is 44.0 Å². The van der Waals surface area contributed by atoms with Crippen molar-refractivity contribution in [3.05, 3.63) is 144 Å². The van der Waals surface area contributed by atoms with E-state index in [2.05, 4.69) is 60.9 Å². The second-order valence-electron chi connectivity index (χ2n) is 16.8. The van der Waals surface area contributed by atoms with Crippen LogP contribution < -0.4 is 29.6 Å². The van der Waals surface area contributed by atoms with E-state index in [4.69, 9.17) is 18.9 Å². The molecular weight excluding hydrogens is 1060 g/mol. The molecule has 0 aliphatic rings. The van der Waals surface area contributed by atoms with Crippen molar-refractivity contribution in [2.24, 2.45) is 0 Å². The van der Waals surface area contributed by atoms with Crippen molar-refractivity contribution in [1.29, 1.82) is 0 Å². The number of carbonyl (C=O) groups is 2. The van der Waals surface area contributed by atoms with Crippen LogP contribution in [0.1, 0.15) is 58.1 Å². The number of amides is 2. The molecule has 2 atom stereocenters. The molecule has 2 N–H and O–H groups in total. The molecule has 0 saturated carbocycles. The Morgan fingerprint density at radius 2 is 0.846 bits per heavy atom. The van der Waals surface area contributed by atoms with Gasteiger partial charge in [0.15, 0.2) is 54.6 Å². The van der Waals surface area contributed by atoms with E-state index >= 15 is 0 Å². The minimum absolute atomic E-state index is 0.0304. The van der Waals surface area contributed by atoms with Gasteiger partial charge >= 0.3 is 0 Å². The van der Waals surface area contributed by atoms with Crippen molar-refractivity contribution in [3.8, 4) is 57.4 Å². The Hall–Kier alpha value is -8.92. The molecule has 0 saturated heterocycles. The average Bonchev–Trinajstić information content (AvgIpc) is 4.10. The van der Waals surface area contributed by atoms with E-state index < -0.39 is 65.1 Å². The fraction of sp³-hybridized carbons (Fsp3) is 0.280. The zero-order valence-electron chi connectivity index (χ0n) is 43.2. The number of benzene rings is 2.